The molecule has 3 heteroatoms. The van der Waals surface area contributed by atoms with Crippen LogP contribution in [0.3, 0.4) is 0 Å². The topological polar surface area (TPSA) is 28.7 Å². The molecule has 2 rings (SSSR count). The van der Waals surface area contributed by atoms with E-state index in [0.29, 0.717) is 0 Å². The minimum absolute atomic E-state index is 0.975. The minimum Gasteiger partial charge on any atom is -0.344 e. The molecule has 0 bridgehead atoms. The van der Waals surface area contributed by atoms with Crippen molar-refractivity contribution < 1.29 is 0 Å². The van der Waals surface area contributed by atoms with Crippen LogP contribution in [0.25, 0.3) is 11.0 Å². The lowest BCUT2D eigenvalue weighted by Crippen LogP contribution is -1.76. The highest BCUT2D eigenvalue weighted by Crippen LogP contribution is 2.14. The van der Waals surface area contributed by atoms with Gasteiger partial charge in [0.1, 0.15) is 5.65 Å². The fourth-order valence-electron chi connectivity index (χ4n) is 1.13. The quantitative estimate of drug-likeness (QED) is 0.722. The zero-order chi connectivity index (χ0) is 7.84. The van der Waals surface area contributed by atoms with Gasteiger partial charge in [0.2, 0.25) is 0 Å². The molecule has 0 amide bonds. The summed E-state index contributed by atoms with van der Waals surface area (Å²) in [5, 5.41) is 1.19. The summed E-state index contributed by atoms with van der Waals surface area (Å²) >= 11 is 2.26. The zero-order valence-corrected chi connectivity index (χ0v) is 8.21. The van der Waals surface area contributed by atoms with Crippen LogP contribution in [0.2, 0.25) is 0 Å². The van der Waals surface area contributed by atoms with Crippen molar-refractivity contribution in [2.45, 2.75) is 6.92 Å². The van der Waals surface area contributed by atoms with E-state index in [2.05, 4.69) is 44.7 Å². The Morgan fingerprint density at radius 2 is 2.27 bits per heavy atom. The third kappa shape index (κ3) is 1.24. The number of pyridine rings is 1. The monoisotopic (exact) mass is 258 g/mol. The molecule has 56 valence electrons. The Kier molecular flexibility index (Phi) is 1.60. The largest absolute Gasteiger partial charge is 0.344 e. The first-order valence-electron chi connectivity index (χ1n) is 3.36. The Morgan fingerprint density at radius 3 is 3.09 bits per heavy atom. The van der Waals surface area contributed by atoms with E-state index >= 15 is 0 Å². The van der Waals surface area contributed by atoms with Gasteiger partial charge in [0, 0.05) is 20.8 Å². The second kappa shape index (κ2) is 2.48. The average Bonchev–Trinajstić information content (AvgIpc) is 2.27. The van der Waals surface area contributed by atoms with Crippen LogP contribution in [0.5, 0.6) is 0 Å². The fourth-order valence-corrected chi connectivity index (χ4v) is 1.60. The van der Waals surface area contributed by atoms with Gasteiger partial charge in [0.15, 0.2) is 0 Å². The van der Waals surface area contributed by atoms with Crippen molar-refractivity contribution in [2.75, 3.05) is 0 Å². The molecular formula is C8H7IN2. The van der Waals surface area contributed by atoms with E-state index in [9.17, 15) is 0 Å². The van der Waals surface area contributed by atoms with Crippen molar-refractivity contribution in [3.05, 3.63) is 27.6 Å². The summed E-state index contributed by atoms with van der Waals surface area (Å²) in [6.07, 6.45) is 1.86. The molecule has 2 nitrogen and oxygen atoms in total. The molecule has 0 atom stereocenters. The summed E-state index contributed by atoms with van der Waals surface area (Å²) in [4.78, 5) is 7.41. The van der Waals surface area contributed by atoms with Crippen molar-refractivity contribution in [3.8, 4) is 0 Å². The molecule has 0 fully saturated rings. The number of nitrogens with one attached hydrogen (secondary N) is 1. The summed E-state index contributed by atoms with van der Waals surface area (Å²) in [6.45, 7) is 2.04. The molecule has 0 saturated heterocycles. The van der Waals surface area contributed by atoms with E-state index in [1.54, 1.807) is 0 Å². The van der Waals surface area contributed by atoms with Crippen LogP contribution in [0, 0.1) is 10.5 Å². The molecule has 0 spiro atoms. The maximum Gasteiger partial charge on any atom is 0.137 e. The molecule has 2 aromatic rings. The van der Waals surface area contributed by atoms with Crippen LogP contribution < -0.4 is 0 Å². The number of aromatic amines is 1. The van der Waals surface area contributed by atoms with E-state index in [-0.39, 0.29) is 0 Å². The lowest BCUT2D eigenvalue weighted by atomic mass is 10.3. The van der Waals surface area contributed by atoms with Crippen molar-refractivity contribution >= 4 is 33.6 Å². The lowest BCUT2D eigenvalue weighted by Gasteiger charge is -1.88. The molecule has 2 aromatic heterocycles. The SMILES string of the molecule is Cc1cc2cc(I)cnc2[nH]1. The zero-order valence-electron chi connectivity index (χ0n) is 6.06. The van der Waals surface area contributed by atoms with Gasteiger partial charge in [-0.1, -0.05) is 0 Å². The first-order valence-corrected chi connectivity index (χ1v) is 4.44. The second-order valence-corrected chi connectivity index (χ2v) is 3.79. The van der Waals surface area contributed by atoms with Gasteiger partial charge >= 0.3 is 0 Å². The van der Waals surface area contributed by atoms with Gasteiger partial charge in [0.05, 0.1) is 0 Å². The molecule has 0 radical (unpaired) electrons. The summed E-state index contributed by atoms with van der Waals surface area (Å²) in [7, 11) is 0. The van der Waals surface area contributed by atoms with Gasteiger partial charge in [0.25, 0.3) is 0 Å². The van der Waals surface area contributed by atoms with E-state index in [4.69, 9.17) is 0 Å². The van der Waals surface area contributed by atoms with Gasteiger partial charge in [-0.25, -0.2) is 4.98 Å². The molecule has 1 N–H and O–H groups in total. The first kappa shape index (κ1) is 7.09. The maximum atomic E-state index is 4.24. The number of aryl methyl sites for hydroxylation is 1. The number of H-pyrrole nitrogens is 1. The highest BCUT2D eigenvalue weighted by Gasteiger charge is 1.97. The number of aromatic nitrogens is 2. The van der Waals surface area contributed by atoms with E-state index < -0.39 is 0 Å². The van der Waals surface area contributed by atoms with Crippen LogP contribution >= 0.6 is 22.6 Å². The van der Waals surface area contributed by atoms with Gasteiger partial charge < -0.3 is 4.98 Å². The van der Waals surface area contributed by atoms with Crippen LogP contribution in [0.4, 0.5) is 0 Å². The molecule has 2 heterocycles. The van der Waals surface area contributed by atoms with E-state index in [0.717, 1.165) is 11.3 Å². The Labute approximate surface area is 78.2 Å². The van der Waals surface area contributed by atoms with Crippen molar-refractivity contribution in [1.29, 1.82) is 0 Å². The van der Waals surface area contributed by atoms with Crippen LogP contribution in [-0.4, -0.2) is 9.97 Å². The normalized spacial score (nSPS) is 10.7. The Balaban J connectivity index is 2.82. The summed E-state index contributed by atoms with van der Waals surface area (Å²) in [6, 6.07) is 4.22. The lowest BCUT2D eigenvalue weighted by molar-refractivity contribution is 1.24. The number of hydrogen-bond acceptors (Lipinski definition) is 1. The summed E-state index contributed by atoms with van der Waals surface area (Å²) < 4.78 is 1.18. The van der Waals surface area contributed by atoms with Crippen LogP contribution in [0.15, 0.2) is 18.3 Å². The summed E-state index contributed by atoms with van der Waals surface area (Å²) in [5.41, 5.74) is 2.14. The van der Waals surface area contributed by atoms with Gasteiger partial charge in [-0.05, 0) is 41.6 Å². The van der Waals surface area contributed by atoms with Crippen LogP contribution in [-0.2, 0) is 0 Å². The molecule has 0 saturated carbocycles. The standard InChI is InChI=1S/C8H7IN2/c1-5-2-6-3-7(9)4-10-8(6)11-5/h2-4H,1H3,(H,10,11). The molecule has 0 aliphatic carbocycles. The Hall–Kier alpha value is -0.580. The van der Waals surface area contributed by atoms with Crippen LogP contribution in [0.1, 0.15) is 5.69 Å². The number of rotatable bonds is 0. The van der Waals surface area contributed by atoms with Crippen molar-refractivity contribution in [3.63, 3.8) is 0 Å². The Morgan fingerprint density at radius 1 is 1.45 bits per heavy atom. The molecule has 0 unspecified atom stereocenters. The predicted molar refractivity (Wildman–Crippen MR) is 53.5 cm³/mol. The highest BCUT2D eigenvalue weighted by molar-refractivity contribution is 14.1. The average molecular weight is 258 g/mol. The van der Waals surface area contributed by atoms with Crippen molar-refractivity contribution in [1.82, 2.24) is 9.97 Å². The first-order chi connectivity index (χ1) is 5.25. The van der Waals surface area contributed by atoms with E-state index in [1.807, 2.05) is 13.1 Å². The summed E-state index contributed by atoms with van der Waals surface area (Å²) in [5.74, 6) is 0. The van der Waals surface area contributed by atoms with Crippen molar-refractivity contribution in [2.24, 2.45) is 0 Å². The smallest absolute Gasteiger partial charge is 0.137 e. The highest BCUT2D eigenvalue weighted by atomic mass is 127. The minimum atomic E-state index is 0.975. The number of halogens is 1. The maximum absolute atomic E-state index is 4.24. The molecule has 11 heavy (non-hydrogen) atoms. The fraction of sp³-hybridized carbons (Fsp3) is 0.125. The molecule has 0 aromatic carbocycles. The molecule has 0 aliphatic heterocycles. The third-order valence-electron chi connectivity index (χ3n) is 1.57. The second-order valence-electron chi connectivity index (χ2n) is 2.54. The third-order valence-corrected chi connectivity index (χ3v) is 2.16. The molecule has 0 aliphatic rings. The number of hydrogen-bond donors (Lipinski definition) is 1. The van der Waals surface area contributed by atoms with Gasteiger partial charge in [-0.15, -0.1) is 0 Å². The van der Waals surface area contributed by atoms with E-state index in [1.165, 1.54) is 8.96 Å². The number of fused-ring (bicyclic) bond motifs is 1. The molecular weight excluding hydrogens is 251 g/mol. The van der Waals surface area contributed by atoms with Gasteiger partial charge in [-0.2, -0.15) is 0 Å². The van der Waals surface area contributed by atoms with Gasteiger partial charge in [-0.3, -0.25) is 0 Å². The predicted octanol–water partition coefficient (Wildman–Crippen LogP) is 2.48. The Bertz CT molecular complexity index is 392. The number of nitrogens with zero attached hydrogens (tertiary/aromatic N) is 1.